The number of nitrogens with zero attached hydrogens (tertiary/aromatic N) is 1. The molecule has 0 unspecified atom stereocenters. The number of carbonyl (C=O) groups excluding carboxylic acids is 3. The highest BCUT2D eigenvalue weighted by Gasteiger charge is 2.27. The highest BCUT2D eigenvalue weighted by Crippen LogP contribution is 2.27. The number of rotatable bonds is 5. The number of allylic oxidation sites excluding steroid dienone is 2. The topological polar surface area (TPSA) is 84.9 Å². The van der Waals surface area contributed by atoms with E-state index < -0.39 is 11.9 Å². The minimum Gasteiger partial charge on any atom is -0.465 e. The lowest BCUT2D eigenvalue weighted by molar-refractivity contribution is -0.139. The zero-order chi connectivity index (χ0) is 22.4. The molecular weight excluding hydrogens is 420 g/mol. The highest BCUT2D eigenvalue weighted by atomic mass is 35.5. The fourth-order valence-electron chi connectivity index (χ4n) is 2.93. The van der Waals surface area contributed by atoms with Gasteiger partial charge >= 0.3 is 11.9 Å². The lowest BCUT2D eigenvalue weighted by atomic mass is 10.1. The van der Waals surface area contributed by atoms with Crippen LogP contribution in [-0.2, 0) is 19.1 Å². The van der Waals surface area contributed by atoms with Gasteiger partial charge in [-0.3, -0.25) is 4.79 Å². The van der Waals surface area contributed by atoms with Gasteiger partial charge in [0.05, 0.1) is 19.8 Å². The van der Waals surface area contributed by atoms with Gasteiger partial charge in [-0.15, -0.1) is 0 Å². The number of anilines is 2. The molecule has 3 rings (SSSR count). The van der Waals surface area contributed by atoms with Crippen molar-refractivity contribution in [2.45, 2.75) is 0 Å². The van der Waals surface area contributed by atoms with Gasteiger partial charge in [0.2, 0.25) is 0 Å². The summed E-state index contributed by atoms with van der Waals surface area (Å²) in [6.07, 6.45) is 6.31. The summed E-state index contributed by atoms with van der Waals surface area (Å²) in [5.41, 5.74) is 1.34. The van der Waals surface area contributed by atoms with E-state index in [4.69, 9.17) is 21.1 Å². The first-order chi connectivity index (χ1) is 14.9. The summed E-state index contributed by atoms with van der Waals surface area (Å²) in [6, 6.07) is 13.4. The third-order valence-corrected chi connectivity index (χ3v) is 4.59. The van der Waals surface area contributed by atoms with Crippen LogP contribution in [0.3, 0.4) is 0 Å². The molecule has 2 aromatic carbocycles. The maximum Gasteiger partial charge on any atom is 0.355 e. The number of amides is 1. The van der Waals surface area contributed by atoms with Crippen LogP contribution in [0.5, 0.6) is 0 Å². The number of nitrogens with one attached hydrogen (secondary N) is 1. The molecule has 1 N–H and O–H groups in total. The van der Waals surface area contributed by atoms with Crippen LogP contribution in [-0.4, -0.2) is 32.1 Å². The average molecular weight is 439 g/mol. The van der Waals surface area contributed by atoms with Crippen molar-refractivity contribution in [1.82, 2.24) is 0 Å². The Morgan fingerprint density at radius 1 is 0.935 bits per heavy atom. The van der Waals surface area contributed by atoms with Crippen LogP contribution in [0.15, 0.2) is 84.2 Å². The van der Waals surface area contributed by atoms with Gasteiger partial charge < -0.3 is 19.7 Å². The molecule has 0 fully saturated rings. The molecule has 0 radical (unpaired) electrons. The number of benzene rings is 2. The van der Waals surface area contributed by atoms with Crippen molar-refractivity contribution in [2.24, 2.45) is 0 Å². The van der Waals surface area contributed by atoms with E-state index in [1.807, 2.05) is 0 Å². The zero-order valence-electron chi connectivity index (χ0n) is 16.8. The van der Waals surface area contributed by atoms with Gasteiger partial charge in [0.25, 0.3) is 5.91 Å². The molecule has 0 aromatic heterocycles. The summed E-state index contributed by atoms with van der Waals surface area (Å²) >= 11 is 5.97. The smallest absolute Gasteiger partial charge is 0.355 e. The molecule has 8 heteroatoms. The first kappa shape index (κ1) is 21.9. The Balaban J connectivity index is 2.00. The van der Waals surface area contributed by atoms with Gasteiger partial charge in [-0.05, 0) is 48.6 Å². The number of methoxy groups -OCH3 is 2. The van der Waals surface area contributed by atoms with E-state index in [9.17, 15) is 14.4 Å². The number of esters is 2. The van der Waals surface area contributed by atoms with E-state index in [0.29, 0.717) is 22.0 Å². The van der Waals surface area contributed by atoms with E-state index in [2.05, 4.69) is 5.32 Å². The van der Waals surface area contributed by atoms with Gasteiger partial charge in [-0.1, -0.05) is 29.8 Å². The van der Waals surface area contributed by atoms with Crippen molar-refractivity contribution >= 4 is 40.8 Å². The average Bonchev–Trinajstić information content (AvgIpc) is 3.01. The molecule has 0 saturated carbocycles. The largest absolute Gasteiger partial charge is 0.465 e. The third-order valence-electron chi connectivity index (χ3n) is 4.36. The Kier molecular flexibility index (Phi) is 6.89. The van der Waals surface area contributed by atoms with Crippen molar-refractivity contribution in [1.29, 1.82) is 0 Å². The van der Waals surface area contributed by atoms with E-state index in [1.165, 1.54) is 25.2 Å². The van der Waals surface area contributed by atoms with Crippen LogP contribution in [0.2, 0.25) is 5.02 Å². The summed E-state index contributed by atoms with van der Waals surface area (Å²) in [4.78, 5) is 39.0. The Morgan fingerprint density at radius 3 is 2.39 bits per heavy atom. The quantitative estimate of drug-likeness (QED) is 0.708. The summed E-state index contributed by atoms with van der Waals surface area (Å²) < 4.78 is 9.69. The van der Waals surface area contributed by atoms with Crippen LogP contribution in [0.1, 0.15) is 10.4 Å². The van der Waals surface area contributed by atoms with E-state index >= 15 is 0 Å². The van der Waals surface area contributed by atoms with E-state index in [0.717, 1.165) is 0 Å². The monoisotopic (exact) mass is 438 g/mol. The van der Waals surface area contributed by atoms with Crippen LogP contribution in [0.25, 0.3) is 0 Å². The Morgan fingerprint density at radius 2 is 1.68 bits per heavy atom. The molecule has 31 heavy (non-hydrogen) atoms. The molecule has 7 nitrogen and oxygen atoms in total. The molecule has 0 atom stereocenters. The lowest BCUT2D eigenvalue weighted by Gasteiger charge is -2.23. The fourth-order valence-corrected chi connectivity index (χ4v) is 3.12. The maximum absolute atomic E-state index is 12.7. The second-order valence-electron chi connectivity index (χ2n) is 6.33. The zero-order valence-corrected chi connectivity index (χ0v) is 17.6. The molecule has 1 heterocycles. The second-order valence-corrected chi connectivity index (χ2v) is 6.77. The van der Waals surface area contributed by atoms with Crippen molar-refractivity contribution in [2.75, 3.05) is 24.4 Å². The number of hydrogen-bond acceptors (Lipinski definition) is 6. The molecule has 1 aliphatic rings. The minimum atomic E-state index is -0.731. The lowest BCUT2D eigenvalue weighted by Crippen LogP contribution is -2.27. The maximum atomic E-state index is 12.7. The van der Waals surface area contributed by atoms with Crippen molar-refractivity contribution in [3.8, 4) is 0 Å². The number of ether oxygens (including phenoxy) is 2. The summed E-state index contributed by atoms with van der Waals surface area (Å²) in [5, 5.41) is 3.27. The molecule has 0 bridgehead atoms. The summed E-state index contributed by atoms with van der Waals surface area (Å²) in [5.74, 6) is -1.79. The van der Waals surface area contributed by atoms with Gasteiger partial charge in [-0.25, -0.2) is 9.59 Å². The number of carbonyl (C=O) groups is 3. The van der Waals surface area contributed by atoms with Crippen LogP contribution < -0.4 is 10.2 Å². The normalized spacial score (nSPS) is 12.9. The third kappa shape index (κ3) is 5.02. The number of halogens is 1. The van der Waals surface area contributed by atoms with Crippen molar-refractivity contribution in [3.05, 3.63) is 94.8 Å². The molecule has 2 aromatic rings. The summed E-state index contributed by atoms with van der Waals surface area (Å²) in [6.45, 7) is 0. The minimum absolute atomic E-state index is 0.0214. The van der Waals surface area contributed by atoms with Gasteiger partial charge in [0.1, 0.15) is 5.70 Å². The number of hydrogen-bond donors (Lipinski definition) is 1. The molecule has 0 saturated heterocycles. The second kappa shape index (κ2) is 9.77. The first-order valence-electron chi connectivity index (χ1n) is 9.16. The van der Waals surface area contributed by atoms with Crippen LogP contribution in [0.4, 0.5) is 11.4 Å². The Hall–Kier alpha value is -3.84. The predicted molar refractivity (Wildman–Crippen MR) is 118 cm³/mol. The van der Waals surface area contributed by atoms with Gasteiger partial charge in [-0.2, -0.15) is 0 Å². The molecular formula is C23H19ClN2O5. The Bertz CT molecular complexity index is 1120. The van der Waals surface area contributed by atoms with Gasteiger partial charge in [0.15, 0.2) is 0 Å². The van der Waals surface area contributed by atoms with Gasteiger partial charge in [0, 0.05) is 28.2 Å². The predicted octanol–water partition coefficient (Wildman–Crippen LogP) is 4.08. The molecule has 0 aliphatic carbocycles. The van der Waals surface area contributed by atoms with E-state index in [-0.39, 0.29) is 17.2 Å². The SMILES string of the molecule is COC(=O)C1=C(C(=O)OC)N(c2cccc(C(=O)Nc3cccc(Cl)c3)c2)C=CC=C1. The molecule has 1 aliphatic heterocycles. The molecule has 158 valence electrons. The molecule has 1 amide bonds. The van der Waals surface area contributed by atoms with Crippen LogP contribution >= 0.6 is 11.6 Å². The van der Waals surface area contributed by atoms with Crippen molar-refractivity contribution < 1.29 is 23.9 Å². The highest BCUT2D eigenvalue weighted by molar-refractivity contribution is 6.31. The first-order valence-corrected chi connectivity index (χ1v) is 9.54. The summed E-state index contributed by atoms with van der Waals surface area (Å²) in [7, 11) is 2.44. The Labute approximate surface area is 184 Å². The molecule has 0 spiro atoms. The van der Waals surface area contributed by atoms with Crippen LogP contribution in [0, 0.1) is 0 Å². The fraction of sp³-hybridized carbons (Fsp3) is 0.0870. The standard InChI is InChI=1S/C23H19ClN2O5/c1-30-22(28)19-11-3-4-12-26(20(19)23(29)31-2)18-10-5-7-15(13-18)21(27)25-17-9-6-8-16(24)14-17/h3-14H,1-2H3,(H,25,27). The van der Waals surface area contributed by atoms with E-state index in [1.54, 1.807) is 66.9 Å². The van der Waals surface area contributed by atoms with Crippen molar-refractivity contribution in [3.63, 3.8) is 0 Å².